The van der Waals surface area contributed by atoms with Gasteiger partial charge in [0.05, 0.1) is 5.56 Å². The highest BCUT2D eigenvalue weighted by Crippen LogP contribution is 2.29. The van der Waals surface area contributed by atoms with Crippen molar-refractivity contribution in [3.8, 4) is 0 Å². The zero-order valence-electron chi connectivity index (χ0n) is 19.7. The van der Waals surface area contributed by atoms with Crippen LogP contribution in [0.15, 0.2) is 47.5 Å². The van der Waals surface area contributed by atoms with Crippen LogP contribution in [0.2, 0.25) is 0 Å². The summed E-state index contributed by atoms with van der Waals surface area (Å²) in [5.41, 5.74) is 1.92. The maximum Gasteiger partial charge on any atom is 0.303 e. The Morgan fingerprint density at radius 2 is 1.82 bits per heavy atom. The highest BCUT2D eigenvalue weighted by Gasteiger charge is 2.25. The summed E-state index contributed by atoms with van der Waals surface area (Å²) in [5.74, 6) is 1.04. The Kier molecular flexibility index (Phi) is 8.85. The Morgan fingerprint density at radius 1 is 1.03 bits per heavy atom. The van der Waals surface area contributed by atoms with Crippen LogP contribution in [0, 0.1) is 5.92 Å². The van der Waals surface area contributed by atoms with E-state index in [0.29, 0.717) is 12.1 Å². The second-order valence-corrected chi connectivity index (χ2v) is 10.6. The molecule has 1 aromatic carbocycles. The summed E-state index contributed by atoms with van der Waals surface area (Å²) in [6, 6.07) is 14.5. The van der Waals surface area contributed by atoms with Crippen molar-refractivity contribution in [2.24, 2.45) is 5.92 Å². The van der Waals surface area contributed by atoms with Crippen molar-refractivity contribution in [3.63, 3.8) is 0 Å². The molecule has 7 heteroatoms. The highest BCUT2D eigenvalue weighted by molar-refractivity contribution is 7.99. The second-order valence-electron chi connectivity index (χ2n) is 9.47. The molecule has 2 N–H and O–H groups in total. The number of pyridine rings is 1. The molecule has 34 heavy (non-hydrogen) atoms. The van der Waals surface area contributed by atoms with E-state index in [4.69, 9.17) is 4.98 Å². The molecule has 6 nitrogen and oxygen atoms in total. The van der Waals surface area contributed by atoms with E-state index >= 15 is 0 Å². The van der Waals surface area contributed by atoms with Gasteiger partial charge in [-0.2, -0.15) is 0 Å². The summed E-state index contributed by atoms with van der Waals surface area (Å²) < 4.78 is 0. The van der Waals surface area contributed by atoms with Crippen molar-refractivity contribution >= 4 is 29.5 Å². The van der Waals surface area contributed by atoms with Crippen LogP contribution in [0.5, 0.6) is 0 Å². The number of anilines is 1. The quantitative estimate of drug-likeness (QED) is 0.481. The SMILES string of the molecule is O=C(O)C[C@H]1CCCN(c2ccc(C(=O)NC3CCCCC3)c(SCCc3ccccc3)n2)C1. The summed E-state index contributed by atoms with van der Waals surface area (Å²) in [5, 5.41) is 13.2. The number of carbonyl (C=O) groups is 2. The van der Waals surface area contributed by atoms with Gasteiger partial charge in [0, 0.05) is 31.3 Å². The molecule has 2 fully saturated rings. The number of hydrogen-bond donors (Lipinski definition) is 2. The van der Waals surface area contributed by atoms with Crippen molar-refractivity contribution in [3.05, 3.63) is 53.6 Å². The van der Waals surface area contributed by atoms with E-state index in [2.05, 4.69) is 22.3 Å². The number of aliphatic carboxylic acids is 1. The van der Waals surface area contributed by atoms with Crippen molar-refractivity contribution in [2.45, 2.75) is 68.9 Å². The minimum Gasteiger partial charge on any atom is -0.481 e. The highest BCUT2D eigenvalue weighted by atomic mass is 32.2. The molecule has 2 heterocycles. The Hall–Kier alpha value is -2.54. The van der Waals surface area contributed by atoms with Gasteiger partial charge >= 0.3 is 5.97 Å². The standard InChI is InChI=1S/C27H35N3O3S/c31-25(32)18-21-10-7-16-30(19-21)24-14-13-23(26(33)28-22-11-5-2-6-12-22)27(29-24)34-17-15-20-8-3-1-4-9-20/h1,3-4,8-9,13-14,21-22H,2,5-7,10-12,15-19H2,(H,28,33)(H,31,32)/t21-/m1/s1. The van der Waals surface area contributed by atoms with Crippen LogP contribution in [0.25, 0.3) is 0 Å². The van der Waals surface area contributed by atoms with E-state index in [1.54, 1.807) is 11.8 Å². The lowest BCUT2D eigenvalue weighted by Crippen LogP contribution is -2.38. The minimum absolute atomic E-state index is 0.0319. The number of nitrogens with zero attached hydrogens (tertiary/aromatic N) is 2. The van der Waals surface area contributed by atoms with Gasteiger partial charge in [0.1, 0.15) is 10.8 Å². The van der Waals surface area contributed by atoms with E-state index < -0.39 is 5.97 Å². The van der Waals surface area contributed by atoms with Crippen LogP contribution in [-0.4, -0.2) is 46.9 Å². The molecule has 0 spiro atoms. The van der Waals surface area contributed by atoms with Crippen molar-refractivity contribution in [1.29, 1.82) is 0 Å². The van der Waals surface area contributed by atoms with Crippen molar-refractivity contribution in [2.75, 3.05) is 23.7 Å². The molecule has 1 aliphatic heterocycles. The molecule has 1 aromatic heterocycles. The fraction of sp³-hybridized carbons (Fsp3) is 0.519. The Morgan fingerprint density at radius 3 is 2.59 bits per heavy atom. The lowest BCUT2D eigenvalue weighted by molar-refractivity contribution is -0.138. The van der Waals surface area contributed by atoms with Gasteiger partial charge in [-0.15, -0.1) is 11.8 Å². The summed E-state index contributed by atoms with van der Waals surface area (Å²) >= 11 is 1.63. The van der Waals surface area contributed by atoms with Gasteiger partial charge in [0.2, 0.25) is 0 Å². The number of aromatic nitrogens is 1. The normalized spacial score (nSPS) is 19.1. The molecule has 1 saturated carbocycles. The van der Waals surface area contributed by atoms with Crippen LogP contribution in [0.1, 0.15) is 67.3 Å². The smallest absolute Gasteiger partial charge is 0.303 e. The predicted molar refractivity (Wildman–Crippen MR) is 137 cm³/mol. The average Bonchev–Trinajstić information content (AvgIpc) is 2.85. The molecule has 2 aliphatic rings. The van der Waals surface area contributed by atoms with Gasteiger partial charge in [-0.05, 0) is 55.7 Å². The monoisotopic (exact) mass is 481 g/mol. The molecular weight excluding hydrogens is 446 g/mol. The lowest BCUT2D eigenvalue weighted by atomic mass is 9.95. The van der Waals surface area contributed by atoms with E-state index in [-0.39, 0.29) is 24.3 Å². The maximum atomic E-state index is 13.2. The average molecular weight is 482 g/mol. The third kappa shape index (κ3) is 6.98. The zero-order valence-corrected chi connectivity index (χ0v) is 20.6. The van der Waals surface area contributed by atoms with Gasteiger partial charge in [-0.3, -0.25) is 9.59 Å². The molecule has 1 saturated heterocycles. The number of rotatable bonds is 9. The number of benzene rings is 1. The van der Waals surface area contributed by atoms with Crippen molar-refractivity contribution in [1.82, 2.24) is 10.3 Å². The number of piperidine rings is 1. The number of aryl methyl sites for hydroxylation is 1. The Balaban J connectivity index is 1.49. The van der Waals surface area contributed by atoms with E-state index in [9.17, 15) is 14.7 Å². The van der Waals surface area contributed by atoms with Gasteiger partial charge in [-0.25, -0.2) is 4.98 Å². The second kappa shape index (κ2) is 12.2. The number of carboxylic acid groups (broad SMARTS) is 1. The fourth-order valence-corrected chi connectivity index (χ4v) is 6.00. The van der Waals surface area contributed by atoms with Crippen LogP contribution in [-0.2, 0) is 11.2 Å². The van der Waals surface area contributed by atoms with Crippen LogP contribution < -0.4 is 10.2 Å². The van der Waals surface area contributed by atoms with Gasteiger partial charge < -0.3 is 15.3 Å². The summed E-state index contributed by atoms with van der Waals surface area (Å²) in [6.07, 6.45) is 8.69. The van der Waals surface area contributed by atoms with E-state index in [1.807, 2.05) is 30.3 Å². The number of hydrogen-bond acceptors (Lipinski definition) is 5. The molecular formula is C27H35N3O3S. The summed E-state index contributed by atoms with van der Waals surface area (Å²) in [4.78, 5) is 31.5. The molecule has 182 valence electrons. The molecule has 0 bridgehead atoms. The van der Waals surface area contributed by atoms with Crippen molar-refractivity contribution < 1.29 is 14.7 Å². The predicted octanol–water partition coefficient (Wildman–Crippen LogP) is 5.17. The first kappa shape index (κ1) is 24.6. The number of carboxylic acids is 1. The molecule has 0 unspecified atom stereocenters. The number of nitrogens with one attached hydrogen (secondary N) is 1. The first-order chi connectivity index (χ1) is 16.6. The summed E-state index contributed by atoms with van der Waals surface area (Å²) in [6.45, 7) is 1.56. The molecule has 2 aromatic rings. The first-order valence-corrected chi connectivity index (χ1v) is 13.5. The third-order valence-corrected chi connectivity index (χ3v) is 7.80. The molecule has 1 atom stereocenters. The first-order valence-electron chi connectivity index (χ1n) is 12.5. The lowest BCUT2D eigenvalue weighted by Gasteiger charge is -2.33. The molecule has 4 rings (SSSR count). The Bertz CT molecular complexity index is 963. The summed E-state index contributed by atoms with van der Waals surface area (Å²) in [7, 11) is 0. The van der Waals surface area contributed by atoms with Gasteiger partial charge in [-0.1, -0.05) is 49.6 Å². The minimum atomic E-state index is -0.744. The molecule has 0 radical (unpaired) electrons. The van der Waals surface area contributed by atoms with Crippen LogP contribution in [0.4, 0.5) is 5.82 Å². The van der Waals surface area contributed by atoms with Crippen LogP contribution >= 0.6 is 11.8 Å². The largest absolute Gasteiger partial charge is 0.481 e. The number of thioether (sulfide) groups is 1. The van der Waals surface area contributed by atoms with Crippen LogP contribution in [0.3, 0.4) is 0 Å². The molecule has 1 aliphatic carbocycles. The third-order valence-electron chi connectivity index (χ3n) is 6.81. The maximum absolute atomic E-state index is 13.2. The van der Waals surface area contributed by atoms with Gasteiger partial charge in [0.25, 0.3) is 5.91 Å². The van der Waals surface area contributed by atoms with Gasteiger partial charge in [0.15, 0.2) is 0 Å². The number of carbonyl (C=O) groups excluding carboxylic acids is 1. The fourth-order valence-electron chi connectivity index (χ4n) is 5.00. The molecule has 1 amide bonds. The Labute approximate surface area is 206 Å². The zero-order chi connectivity index (χ0) is 23.8. The topological polar surface area (TPSA) is 82.5 Å². The number of amides is 1. The van der Waals surface area contributed by atoms with E-state index in [0.717, 1.165) is 55.2 Å². The van der Waals surface area contributed by atoms with E-state index in [1.165, 1.54) is 24.8 Å².